The van der Waals surface area contributed by atoms with Crippen LogP contribution in [0.1, 0.15) is 51.8 Å². The van der Waals surface area contributed by atoms with Crippen LogP contribution in [0.15, 0.2) is 6.33 Å². The molecule has 2 rings (SSSR count). The minimum atomic E-state index is 0.226. The van der Waals surface area contributed by atoms with Crippen molar-refractivity contribution < 1.29 is 0 Å². The molecule has 1 heterocycles. The molecule has 0 radical (unpaired) electrons. The summed E-state index contributed by atoms with van der Waals surface area (Å²) in [5.41, 5.74) is 6.81. The van der Waals surface area contributed by atoms with E-state index < -0.39 is 0 Å². The summed E-state index contributed by atoms with van der Waals surface area (Å²) in [5, 5.41) is 4.21. The molecule has 0 aliphatic heterocycles. The Labute approximate surface area is 104 Å². The van der Waals surface area contributed by atoms with Gasteiger partial charge in [0.25, 0.3) is 0 Å². The van der Waals surface area contributed by atoms with Gasteiger partial charge in [0.05, 0.1) is 0 Å². The van der Waals surface area contributed by atoms with Crippen LogP contribution in [0.25, 0.3) is 0 Å². The maximum atomic E-state index is 6.46. The molecular weight excluding hydrogens is 212 g/mol. The van der Waals surface area contributed by atoms with Gasteiger partial charge in [0.2, 0.25) is 0 Å². The van der Waals surface area contributed by atoms with Gasteiger partial charge in [-0.2, -0.15) is 5.10 Å². The molecular formula is C13H24N4. The molecule has 1 aromatic rings. The number of rotatable bonds is 5. The van der Waals surface area contributed by atoms with E-state index in [0.717, 1.165) is 18.8 Å². The van der Waals surface area contributed by atoms with Gasteiger partial charge in [0.15, 0.2) is 0 Å². The van der Waals surface area contributed by atoms with Crippen molar-refractivity contribution in [1.29, 1.82) is 0 Å². The second-order valence-electron chi connectivity index (χ2n) is 5.23. The number of aryl methyl sites for hydroxylation is 1. The van der Waals surface area contributed by atoms with E-state index in [-0.39, 0.29) is 6.04 Å². The third kappa shape index (κ3) is 2.37. The Balaban J connectivity index is 2.07. The highest BCUT2D eigenvalue weighted by Crippen LogP contribution is 2.43. The molecule has 1 atom stereocenters. The normalized spacial score (nSPS) is 20.6. The van der Waals surface area contributed by atoms with Crippen molar-refractivity contribution >= 4 is 0 Å². The Morgan fingerprint density at radius 3 is 2.71 bits per heavy atom. The molecule has 1 aliphatic rings. The van der Waals surface area contributed by atoms with Gasteiger partial charge < -0.3 is 5.73 Å². The van der Waals surface area contributed by atoms with E-state index in [9.17, 15) is 0 Å². The lowest BCUT2D eigenvalue weighted by Gasteiger charge is -2.34. The largest absolute Gasteiger partial charge is 0.327 e. The van der Waals surface area contributed by atoms with E-state index in [2.05, 4.69) is 23.9 Å². The zero-order valence-electron chi connectivity index (χ0n) is 11.0. The third-order valence-electron chi connectivity index (χ3n) is 4.49. The fourth-order valence-corrected chi connectivity index (χ4v) is 3.19. The van der Waals surface area contributed by atoms with Crippen molar-refractivity contribution in [2.45, 2.75) is 65.0 Å². The van der Waals surface area contributed by atoms with Gasteiger partial charge >= 0.3 is 0 Å². The summed E-state index contributed by atoms with van der Waals surface area (Å²) in [6.07, 6.45) is 8.93. The summed E-state index contributed by atoms with van der Waals surface area (Å²) in [7, 11) is 0. The van der Waals surface area contributed by atoms with Crippen LogP contribution in [-0.4, -0.2) is 20.8 Å². The molecule has 1 unspecified atom stereocenters. The first-order valence-electron chi connectivity index (χ1n) is 6.84. The quantitative estimate of drug-likeness (QED) is 0.852. The molecule has 0 aromatic carbocycles. The standard InChI is InChI=1S/C13H24N4/c1-3-13(7-5-6-8-13)11(14)9-12-15-10-16-17(12)4-2/h10-11H,3-9,14H2,1-2H3. The van der Waals surface area contributed by atoms with E-state index in [4.69, 9.17) is 5.73 Å². The Kier molecular flexibility index (Phi) is 3.82. The predicted molar refractivity (Wildman–Crippen MR) is 68.6 cm³/mol. The number of hydrogen-bond acceptors (Lipinski definition) is 3. The molecule has 1 aliphatic carbocycles. The number of nitrogens with zero attached hydrogens (tertiary/aromatic N) is 3. The van der Waals surface area contributed by atoms with Gasteiger partial charge in [-0.25, -0.2) is 4.98 Å². The average molecular weight is 236 g/mol. The zero-order chi connectivity index (χ0) is 12.3. The van der Waals surface area contributed by atoms with Crippen molar-refractivity contribution in [1.82, 2.24) is 14.8 Å². The van der Waals surface area contributed by atoms with Crippen LogP contribution in [0, 0.1) is 5.41 Å². The van der Waals surface area contributed by atoms with Gasteiger partial charge in [-0.15, -0.1) is 0 Å². The van der Waals surface area contributed by atoms with Crippen LogP contribution >= 0.6 is 0 Å². The topological polar surface area (TPSA) is 56.7 Å². The molecule has 0 spiro atoms. The highest BCUT2D eigenvalue weighted by molar-refractivity contribution is 4.98. The molecule has 17 heavy (non-hydrogen) atoms. The highest BCUT2D eigenvalue weighted by atomic mass is 15.3. The molecule has 1 aromatic heterocycles. The molecule has 1 saturated carbocycles. The molecule has 96 valence electrons. The van der Waals surface area contributed by atoms with Gasteiger partial charge in [-0.1, -0.05) is 19.8 Å². The Morgan fingerprint density at radius 2 is 2.12 bits per heavy atom. The lowest BCUT2D eigenvalue weighted by atomic mass is 9.75. The molecule has 2 N–H and O–H groups in total. The molecule has 0 bridgehead atoms. The summed E-state index contributed by atoms with van der Waals surface area (Å²) >= 11 is 0. The monoisotopic (exact) mass is 236 g/mol. The second-order valence-corrected chi connectivity index (χ2v) is 5.23. The first kappa shape index (κ1) is 12.6. The minimum Gasteiger partial charge on any atom is -0.327 e. The van der Waals surface area contributed by atoms with Crippen LogP contribution in [0.4, 0.5) is 0 Å². The minimum absolute atomic E-state index is 0.226. The van der Waals surface area contributed by atoms with Gasteiger partial charge in [0.1, 0.15) is 12.2 Å². The number of nitrogens with two attached hydrogens (primary N) is 1. The lowest BCUT2D eigenvalue weighted by molar-refractivity contribution is 0.215. The second kappa shape index (κ2) is 5.17. The van der Waals surface area contributed by atoms with Gasteiger partial charge in [0, 0.05) is 19.0 Å². The summed E-state index contributed by atoms with van der Waals surface area (Å²) in [6.45, 7) is 5.24. The summed E-state index contributed by atoms with van der Waals surface area (Å²) < 4.78 is 1.96. The summed E-state index contributed by atoms with van der Waals surface area (Å²) in [6, 6.07) is 0.226. The molecule has 4 nitrogen and oxygen atoms in total. The van der Waals surface area contributed by atoms with Gasteiger partial charge in [-0.05, 0) is 31.6 Å². The summed E-state index contributed by atoms with van der Waals surface area (Å²) in [4.78, 5) is 4.34. The Bertz CT molecular complexity index is 352. The molecule has 0 amide bonds. The molecule has 0 saturated heterocycles. The number of hydrogen-bond donors (Lipinski definition) is 1. The maximum absolute atomic E-state index is 6.46. The first-order valence-corrected chi connectivity index (χ1v) is 6.84. The van der Waals surface area contributed by atoms with Crippen molar-refractivity contribution in [2.24, 2.45) is 11.1 Å². The fraction of sp³-hybridized carbons (Fsp3) is 0.846. The van der Waals surface area contributed by atoms with Crippen LogP contribution in [-0.2, 0) is 13.0 Å². The van der Waals surface area contributed by atoms with E-state index in [0.29, 0.717) is 5.41 Å². The van der Waals surface area contributed by atoms with Crippen molar-refractivity contribution in [3.8, 4) is 0 Å². The van der Waals surface area contributed by atoms with Crippen LogP contribution < -0.4 is 5.73 Å². The maximum Gasteiger partial charge on any atom is 0.138 e. The molecule has 1 fully saturated rings. The molecule has 4 heteroatoms. The van der Waals surface area contributed by atoms with Crippen molar-refractivity contribution in [2.75, 3.05) is 0 Å². The Morgan fingerprint density at radius 1 is 1.41 bits per heavy atom. The number of aromatic nitrogens is 3. The van der Waals surface area contributed by atoms with E-state index in [1.165, 1.54) is 32.1 Å². The van der Waals surface area contributed by atoms with Crippen molar-refractivity contribution in [3.05, 3.63) is 12.2 Å². The van der Waals surface area contributed by atoms with Gasteiger partial charge in [-0.3, -0.25) is 4.68 Å². The fourth-order valence-electron chi connectivity index (χ4n) is 3.19. The average Bonchev–Trinajstić information content (AvgIpc) is 2.97. The van der Waals surface area contributed by atoms with Crippen LogP contribution in [0.3, 0.4) is 0 Å². The summed E-state index contributed by atoms with van der Waals surface area (Å²) in [5.74, 6) is 1.04. The Hall–Kier alpha value is -0.900. The SMILES string of the molecule is CCn1ncnc1CC(N)C1(CC)CCCC1. The van der Waals surface area contributed by atoms with Crippen molar-refractivity contribution in [3.63, 3.8) is 0 Å². The predicted octanol–water partition coefficient (Wildman–Crippen LogP) is 2.14. The lowest BCUT2D eigenvalue weighted by Crippen LogP contribution is -2.41. The third-order valence-corrected chi connectivity index (χ3v) is 4.49. The smallest absolute Gasteiger partial charge is 0.138 e. The van der Waals surface area contributed by atoms with E-state index in [1.807, 2.05) is 4.68 Å². The zero-order valence-corrected chi connectivity index (χ0v) is 11.0. The first-order chi connectivity index (χ1) is 8.22. The highest BCUT2D eigenvalue weighted by Gasteiger charge is 2.38. The van der Waals surface area contributed by atoms with E-state index in [1.54, 1.807) is 6.33 Å². The van der Waals surface area contributed by atoms with Crippen LogP contribution in [0.2, 0.25) is 0 Å². The van der Waals surface area contributed by atoms with Crippen LogP contribution in [0.5, 0.6) is 0 Å². The van der Waals surface area contributed by atoms with E-state index >= 15 is 0 Å².